The van der Waals surface area contributed by atoms with E-state index >= 15 is 0 Å². The Morgan fingerprint density at radius 1 is 1.14 bits per heavy atom. The molecule has 1 aliphatic rings. The number of aromatic nitrogens is 3. The number of aliphatic carboxylic acids is 1. The van der Waals surface area contributed by atoms with Gasteiger partial charge in [-0.15, -0.1) is 0 Å². The first kappa shape index (κ1) is 18.2. The Labute approximate surface area is 162 Å². The first-order valence-electron chi connectivity index (χ1n) is 9.36. The molecule has 1 amide bonds. The number of carboxylic acid groups (broad SMARTS) is 1. The van der Waals surface area contributed by atoms with E-state index in [0.29, 0.717) is 12.1 Å². The van der Waals surface area contributed by atoms with Crippen LogP contribution in [-0.2, 0) is 4.79 Å². The summed E-state index contributed by atoms with van der Waals surface area (Å²) in [6.45, 7) is 4.61. The summed E-state index contributed by atoms with van der Waals surface area (Å²) in [7, 11) is 0. The Bertz CT molecular complexity index is 1030. The van der Waals surface area contributed by atoms with Gasteiger partial charge in [-0.1, -0.05) is 30.3 Å². The van der Waals surface area contributed by atoms with Gasteiger partial charge in [0.15, 0.2) is 5.65 Å². The number of hydrogen-bond donors (Lipinski definition) is 1. The first-order valence-corrected chi connectivity index (χ1v) is 9.36. The Morgan fingerprint density at radius 3 is 2.57 bits per heavy atom. The van der Waals surface area contributed by atoms with Crippen molar-refractivity contribution in [1.29, 1.82) is 0 Å². The molecule has 1 aromatic carbocycles. The third-order valence-corrected chi connectivity index (χ3v) is 5.32. The van der Waals surface area contributed by atoms with E-state index in [1.54, 1.807) is 23.4 Å². The van der Waals surface area contributed by atoms with Crippen LogP contribution in [0.25, 0.3) is 11.0 Å². The van der Waals surface area contributed by atoms with Crippen molar-refractivity contribution >= 4 is 22.9 Å². The van der Waals surface area contributed by atoms with Crippen LogP contribution in [0.1, 0.15) is 41.7 Å². The third-order valence-electron chi connectivity index (χ3n) is 5.32. The van der Waals surface area contributed by atoms with Gasteiger partial charge in [-0.3, -0.25) is 9.59 Å². The molecule has 0 aliphatic carbocycles. The predicted octanol–water partition coefficient (Wildman–Crippen LogP) is 2.95. The summed E-state index contributed by atoms with van der Waals surface area (Å²) in [4.78, 5) is 30.9. The van der Waals surface area contributed by atoms with Crippen LogP contribution in [0.2, 0.25) is 0 Å². The van der Waals surface area contributed by atoms with Crippen LogP contribution in [0.15, 0.2) is 48.8 Å². The van der Waals surface area contributed by atoms with Gasteiger partial charge in [0.2, 0.25) is 0 Å². The molecule has 1 fully saturated rings. The standard InChI is InChI=1S/C21H22N4O3/c1-13(2)25-19-15(10-23-25)8-16(9-22-19)20(26)24-11-17(18(12-24)21(27)28)14-6-4-3-5-7-14/h3-10,13,17-18H,11-12H2,1-2H3,(H,27,28). The molecule has 144 valence electrons. The summed E-state index contributed by atoms with van der Waals surface area (Å²) < 4.78 is 1.81. The molecule has 2 atom stereocenters. The second-order valence-electron chi connectivity index (χ2n) is 7.49. The lowest BCUT2D eigenvalue weighted by Gasteiger charge is -2.16. The van der Waals surface area contributed by atoms with Gasteiger partial charge in [0.05, 0.1) is 17.7 Å². The third kappa shape index (κ3) is 3.13. The molecular formula is C21H22N4O3. The molecule has 1 aliphatic heterocycles. The number of amides is 1. The molecule has 2 aromatic heterocycles. The van der Waals surface area contributed by atoms with Crippen LogP contribution in [-0.4, -0.2) is 49.7 Å². The minimum absolute atomic E-state index is 0.174. The van der Waals surface area contributed by atoms with Crippen LogP contribution in [0.3, 0.4) is 0 Å². The van der Waals surface area contributed by atoms with Crippen LogP contribution < -0.4 is 0 Å². The van der Waals surface area contributed by atoms with E-state index in [1.807, 2.05) is 48.9 Å². The number of benzene rings is 1. The van der Waals surface area contributed by atoms with Crippen LogP contribution in [0.5, 0.6) is 0 Å². The molecule has 0 spiro atoms. The second kappa shape index (κ2) is 7.07. The quantitative estimate of drug-likeness (QED) is 0.754. The number of carboxylic acids is 1. The van der Waals surface area contributed by atoms with Crippen molar-refractivity contribution in [3.05, 3.63) is 59.9 Å². The molecule has 1 saturated heterocycles. The molecule has 4 rings (SSSR count). The van der Waals surface area contributed by atoms with E-state index in [1.165, 1.54) is 0 Å². The lowest BCUT2D eigenvalue weighted by atomic mass is 9.89. The zero-order valence-electron chi connectivity index (χ0n) is 15.8. The molecule has 1 N–H and O–H groups in total. The monoisotopic (exact) mass is 378 g/mol. The summed E-state index contributed by atoms with van der Waals surface area (Å²) in [5, 5.41) is 14.8. The fraction of sp³-hybridized carbons (Fsp3) is 0.333. The second-order valence-corrected chi connectivity index (χ2v) is 7.49. The Balaban J connectivity index is 1.61. The minimum Gasteiger partial charge on any atom is -0.481 e. The number of carbonyl (C=O) groups is 2. The molecule has 3 aromatic rings. The number of nitrogens with zero attached hydrogens (tertiary/aromatic N) is 4. The fourth-order valence-electron chi connectivity index (χ4n) is 3.88. The number of hydrogen-bond acceptors (Lipinski definition) is 4. The van der Waals surface area contributed by atoms with Gasteiger partial charge in [-0.2, -0.15) is 5.10 Å². The highest BCUT2D eigenvalue weighted by Gasteiger charge is 2.40. The van der Waals surface area contributed by atoms with Crippen molar-refractivity contribution in [3.8, 4) is 0 Å². The Hall–Kier alpha value is -3.22. The maximum absolute atomic E-state index is 13.0. The average Bonchev–Trinajstić information content (AvgIpc) is 3.32. The highest BCUT2D eigenvalue weighted by Crippen LogP contribution is 2.33. The summed E-state index contributed by atoms with van der Waals surface area (Å²) in [6.07, 6.45) is 3.26. The van der Waals surface area contributed by atoms with Gasteiger partial charge in [0.25, 0.3) is 5.91 Å². The van der Waals surface area contributed by atoms with Crippen molar-refractivity contribution < 1.29 is 14.7 Å². The van der Waals surface area contributed by atoms with Crippen molar-refractivity contribution in [2.45, 2.75) is 25.8 Å². The van der Waals surface area contributed by atoms with Crippen LogP contribution in [0, 0.1) is 5.92 Å². The number of likely N-dealkylation sites (tertiary alicyclic amines) is 1. The molecular weight excluding hydrogens is 356 g/mol. The molecule has 0 bridgehead atoms. The summed E-state index contributed by atoms with van der Waals surface area (Å²) >= 11 is 0. The Kier molecular flexibility index (Phi) is 4.58. The predicted molar refractivity (Wildman–Crippen MR) is 104 cm³/mol. The van der Waals surface area contributed by atoms with Crippen LogP contribution >= 0.6 is 0 Å². The SMILES string of the molecule is CC(C)n1ncc2cc(C(=O)N3CC(C(=O)O)C(c4ccccc4)C3)cnc21. The van der Waals surface area contributed by atoms with Gasteiger partial charge in [0, 0.05) is 36.6 Å². The molecule has 3 heterocycles. The van der Waals surface area contributed by atoms with E-state index < -0.39 is 11.9 Å². The maximum Gasteiger partial charge on any atom is 0.308 e. The first-order chi connectivity index (χ1) is 13.5. The summed E-state index contributed by atoms with van der Waals surface area (Å²) in [5.41, 5.74) is 2.13. The van der Waals surface area contributed by atoms with E-state index in [2.05, 4.69) is 10.1 Å². The van der Waals surface area contributed by atoms with E-state index in [9.17, 15) is 14.7 Å². The maximum atomic E-state index is 13.0. The van der Waals surface area contributed by atoms with Crippen molar-refractivity contribution in [3.63, 3.8) is 0 Å². The normalized spacial score (nSPS) is 19.5. The van der Waals surface area contributed by atoms with Crippen molar-refractivity contribution in [1.82, 2.24) is 19.7 Å². The topological polar surface area (TPSA) is 88.3 Å². The number of rotatable bonds is 4. The molecule has 0 saturated carbocycles. The van der Waals surface area contributed by atoms with Gasteiger partial charge in [0.1, 0.15) is 0 Å². The zero-order valence-corrected chi connectivity index (χ0v) is 15.8. The lowest BCUT2D eigenvalue weighted by Crippen LogP contribution is -2.30. The number of carbonyl (C=O) groups excluding carboxylic acids is 1. The van der Waals surface area contributed by atoms with Gasteiger partial charge in [-0.05, 0) is 25.5 Å². The van der Waals surface area contributed by atoms with Gasteiger partial charge in [-0.25, -0.2) is 9.67 Å². The van der Waals surface area contributed by atoms with Gasteiger partial charge < -0.3 is 10.0 Å². The molecule has 2 unspecified atom stereocenters. The number of pyridine rings is 1. The molecule has 28 heavy (non-hydrogen) atoms. The fourth-order valence-corrected chi connectivity index (χ4v) is 3.88. The van der Waals surface area contributed by atoms with Crippen molar-refractivity contribution in [2.24, 2.45) is 5.92 Å². The Morgan fingerprint density at radius 2 is 1.89 bits per heavy atom. The largest absolute Gasteiger partial charge is 0.481 e. The average molecular weight is 378 g/mol. The summed E-state index contributed by atoms with van der Waals surface area (Å²) in [5.74, 6) is -1.91. The lowest BCUT2D eigenvalue weighted by molar-refractivity contribution is -0.141. The van der Waals surface area contributed by atoms with Gasteiger partial charge >= 0.3 is 5.97 Å². The highest BCUT2D eigenvalue weighted by molar-refractivity contribution is 5.97. The van der Waals surface area contributed by atoms with Crippen LogP contribution in [0.4, 0.5) is 0 Å². The van der Waals surface area contributed by atoms with E-state index in [-0.39, 0.29) is 24.4 Å². The van der Waals surface area contributed by atoms with Crippen molar-refractivity contribution in [2.75, 3.05) is 13.1 Å². The summed E-state index contributed by atoms with van der Waals surface area (Å²) in [6, 6.07) is 11.5. The number of fused-ring (bicyclic) bond motifs is 1. The molecule has 0 radical (unpaired) electrons. The van der Waals surface area contributed by atoms with E-state index in [4.69, 9.17) is 0 Å². The molecule has 7 nitrogen and oxygen atoms in total. The smallest absolute Gasteiger partial charge is 0.308 e. The zero-order chi connectivity index (χ0) is 19.8. The van der Waals surface area contributed by atoms with E-state index in [0.717, 1.165) is 16.6 Å². The molecule has 7 heteroatoms. The highest BCUT2D eigenvalue weighted by atomic mass is 16.4. The minimum atomic E-state index is -0.879.